The van der Waals surface area contributed by atoms with Crippen molar-refractivity contribution in [3.8, 4) is 0 Å². The minimum Gasteiger partial charge on any atom is -0.393 e. The lowest BCUT2D eigenvalue weighted by Gasteiger charge is -2.61. The first-order valence-electron chi connectivity index (χ1n) is 11.7. The molecule has 0 aromatic rings. The fourth-order valence-corrected chi connectivity index (χ4v) is 8.78. The monoisotopic (exact) mass is 375 g/mol. The van der Waals surface area contributed by atoms with Crippen LogP contribution in [-0.4, -0.2) is 17.1 Å². The summed E-state index contributed by atoms with van der Waals surface area (Å²) >= 11 is 0. The first-order valence-corrected chi connectivity index (χ1v) is 11.7. The van der Waals surface area contributed by atoms with Gasteiger partial charge in [0.05, 0.1) is 6.10 Å². The molecule has 1 amide bonds. The molecule has 0 bridgehead atoms. The van der Waals surface area contributed by atoms with Gasteiger partial charge in [-0.15, -0.1) is 0 Å². The van der Waals surface area contributed by atoms with Crippen molar-refractivity contribution in [2.75, 3.05) is 0 Å². The van der Waals surface area contributed by atoms with Gasteiger partial charge in [-0.25, -0.2) is 0 Å². The maximum atomic E-state index is 11.3. The number of carbonyl (C=O) groups excluding carboxylic acids is 1. The van der Waals surface area contributed by atoms with Gasteiger partial charge in [0.25, 0.3) is 0 Å². The predicted octanol–water partition coefficient (Wildman–Crippen LogP) is 4.91. The lowest BCUT2D eigenvalue weighted by atomic mass is 9.44. The number of carbonyl (C=O) groups is 1. The van der Waals surface area contributed by atoms with E-state index in [0.717, 1.165) is 48.9 Å². The molecule has 0 saturated heterocycles. The fraction of sp³-hybridized carbons (Fsp3) is 0.958. The van der Waals surface area contributed by atoms with E-state index < -0.39 is 0 Å². The summed E-state index contributed by atoms with van der Waals surface area (Å²) < 4.78 is 0. The highest BCUT2D eigenvalue weighted by atomic mass is 16.3. The van der Waals surface area contributed by atoms with Crippen molar-refractivity contribution < 1.29 is 9.90 Å². The molecular weight excluding hydrogens is 334 g/mol. The third kappa shape index (κ3) is 3.16. The van der Waals surface area contributed by atoms with Crippen LogP contribution in [0.15, 0.2) is 0 Å². The molecule has 4 rings (SSSR count). The summed E-state index contributed by atoms with van der Waals surface area (Å²) in [5.74, 6) is 4.63. The molecule has 3 nitrogen and oxygen atoms in total. The molecular formula is C24H41NO2. The second-order valence-corrected chi connectivity index (χ2v) is 11.3. The molecule has 154 valence electrons. The van der Waals surface area contributed by atoms with E-state index in [1.807, 2.05) is 0 Å². The average Bonchev–Trinajstić information content (AvgIpc) is 2.97. The first kappa shape index (κ1) is 19.7. The van der Waals surface area contributed by atoms with Gasteiger partial charge < -0.3 is 10.8 Å². The highest BCUT2D eigenvalue weighted by molar-refractivity contribution is 5.73. The molecule has 0 spiro atoms. The minimum absolute atomic E-state index is 0.0459. The SMILES string of the molecule is C[C@@H](CCC(N)=O)[C@H]1CC[C@H]2[C@@H]3CC[C@@H]4C[C@H](O)CC[C@]4(C)[C@H]3CC[C@]12C. The maximum Gasteiger partial charge on any atom is 0.217 e. The Kier molecular flexibility index (Phi) is 5.15. The van der Waals surface area contributed by atoms with Crippen LogP contribution in [0.3, 0.4) is 0 Å². The molecule has 0 aromatic carbocycles. The highest BCUT2D eigenvalue weighted by Gasteiger charge is 2.60. The van der Waals surface area contributed by atoms with E-state index in [4.69, 9.17) is 5.73 Å². The van der Waals surface area contributed by atoms with Gasteiger partial charge in [-0.1, -0.05) is 20.8 Å². The van der Waals surface area contributed by atoms with E-state index in [1.54, 1.807) is 0 Å². The summed E-state index contributed by atoms with van der Waals surface area (Å²) in [5.41, 5.74) is 6.36. The number of amides is 1. The van der Waals surface area contributed by atoms with Gasteiger partial charge in [-0.3, -0.25) is 4.79 Å². The number of rotatable bonds is 4. The van der Waals surface area contributed by atoms with Gasteiger partial charge in [0.2, 0.25) is 5.91 Å². The van der Waals surface area contributed by atoms with Crippen LogP contribution >= 0.6 is 0 Å². The molecule has 0 aliphatic heterocycles. The molecule has 4 aliphatic rings. The van der Waals surface area contributed by atoms with Crippen molar-refractivity contribution >= 4 is 5.91 Å². The smallest absolute Gasteiger partial charge is 0.217 e. The van der Waals surface area contributed by atoms with Gasteiger partial charge in [0, 0.05) is 6.42 Å². The Bertz CT molecular complexity index is 577. The number of fused-ring (bicyclic) bond motifs is 5. The molecule has 4 fully saturated rings. The van der Waals surface area contributed by atoms with Gasteiger partial charge in [-0.05, 0) is 111 Å². The molecule has 27 heavy (non-hydrogen) atoms. The van der Waals surface area contributed by atoms with Crippen LogP contribution < -0.4 is 5.73 Å². The van der Waals surface area contributed by atoms with E-state index >= 15 is 0 Å². The number of hydrogen-bond acceptors (Lipinski definition) is 2. The van der Waals surface area contributed by atoms with Gasteiger partial charge >= 0.3 is 0 Å². The Morgan fingerprint density at radius 3 is 2.48 bits per heavy atom. The minimum atomic E-state index is -0.143. The summed E-state index contributed by atoms with van der Waals surface area (Å²) in [7, 11) is 0. The molecule has 0 unspecified atom stereocenters. The Morgan fingerprint density at radius 2 is 1.74 bits per heavy atom. The number of hydrogen-bond donors (Lipinski definition) is 2. The zero-order chi connectivity index (χ0) is 19.4. The summed E-state index contributed by atoms with van der Waals surface area (Å²) in [6.07, 6.45) is 13.0. The van der Waals surface area contributed by atoms with Gasteiger partial charge in [0.1, 0.15) is 0 Å². The fourth-order valence-electron chi connectivity index (χ4n) is 8.78. The van der Waals surface area contributed by atoms with Crippen molar-refractivity contribution in [1.29, 1.82) is 0 Å². The number of primary amides is 1. The second-order valence-electron chi connectivity index (χ2n) is 11.3. The molecule has 9 atom stereocenters. The van der Waals surface area contributed by atoms with Crippen LogP contribution in [0.25, 0.3) is 0 Å². The zero-order valence-electron chi connectivity index (χ0n) is 17.8. The lowest BCUT2D eigenvalue weighted by Crippen LogP contribution is -2.54. The molecule has 0 radical (unpaired) electrons. The van der Waals surface area contributed by atoms with E-state index in [-0.39, 0.29) is 12.0 Å². The van der Waals surface area contributed by atoms with Gasteiger partial charge in [0.15, 0.2) is 0 Å². The second kappa shape index (κ2) is 7.04. The van der Waals surface area contributed by atoms with Crippen molar-refractivity contribution in [3.63, 3.8) is 0 Å². The van der Waals surface area contributed by atoms with Crippen LogP contribution in [-0.2, 0) is 4.79 Å². The number of aliphatic hydroxyl groups is 1. The Morgan fingerprint density at radius 1 is 1.04 bits per heavy atom. The summed E-state index contributed by atoms with van der Waals surface area (Å²) in [6.45, 7) is 7.53. The number of aliphatic hydroxyl groups excluding tert-OH is 1. The topological polar surface area (TPSA) is 63.3 Å². The molecule has 0 aromatic heterocycles. The van der Waals surface area contributed by atoms with E-state index in [2.05, 4.69) is 20.8 Å². The number of nitrogens with two attached hydrogens (primary N) is 1. The van der Waals surface area contributed by atoms with Crippen molar-refractivity contribution in [1.82, 2.24) is 0 Å². The first-order chi connectivity index (χ1) is 12.8. The van der Waals surface area contributed by atoms with E-state index in [0.29, 0.717) is 23.2 Å². The predicted molar refractivity (Wildman–Crippen MR) is 109 cm³/mol. The third-order valence-corrected chi connectivity index (χ3v) is 10.2. The van der Waals surface area contributed by atoms with Crippen LogP contribution in [0.4, 0.5) is 0 Å². The molecule has 4 aliphatic carbocycles. The van der Waals surface area contributed by atoms with Crippen molar-refractivity contribution in [2.24, 2.45) is 52.1 Å². The Hall–Kier alpha value is -0.570. The maximum absolute atomic E-state index is 11.3. The van der Waals surface area contributed by atoms with Crippen molar-refractivity contribution in [2.45, 2.75) is 97.5 Å². The van der Waals surface area contributed by atoms with Crippen LogP contribution in [0.5, 0.6) is 0 Å². The molecule has 3 N–H and O–H groups in total. The molecule has 0 heterocycles. The van der Waals surface area contributed by atoms with E-state index in [9.17, 15) is 9.90 Å². The third-order valence-electron chi connectivity index (χ3n) is 10.2. The van der Waals surface area contributed by atoms with Crippen LogP contribution in [0, 0.1) is 46.3 Å². The van der Waals surface area contributed by atoms with E-state index in [1.165, 1.54) is 44.9 Å². The highest BCUT2D eigenvalue weighted by Crippen LogP contribution is 2.68. The Labute approximate surface area is 165 Å². The standard InChI is InChI=1S/C24H41NO2/c1-15(4-9-22(25)27)19-7-8-20-18-6-5-16-14-17(26)10-12-23(16,2)21(18)11-13-24(19,20)3/h15-21,26H,4-14H2,1-3H3,(H2,25,27)/t15-,16+,17+,18-,19+,20-,21-,23-,24+/m0/s1. The quantitative estimate of drug-likeness (QED) is 0.733. The summed E-state index contributed by atoms with van der Waals surface area (Å²) in [4.78, 5) is 11.3. The van der Waals surface area contributed by atoms with Crippen LogP contribution in [0.1, 0.15) is 91.4 Å². The summed E-state index contributed by atoms with van der Waals surface area (Å²) in [5, 5.41) is 10.2. The normalized spacial score (nSPS) is 50.4. The summed E-state index contributed by atoms with van der Waals surface area (Å²) in [6, 6.07) is 0. The largest absolute Gasteiger partial charge is 0.393 e. The van der Waals surface area contributed by atoms with Gasteiger partial charge in [-0.2, -0.15) is 0 Å². The van der Waals surface area contributed by atoms with Crippen molar-refractivity contribution in [3.05, 3.63) is 0 Å². The molecule has 4 saturated carbocycles. The lowest BCUT2D eigenvalue weighted by molar-refractivity contribution is -0.129. The molecule has 3 heteroatoms. The average molecular weight is 376 g/mol. The Balaban J connectivity index is 1.51. The van der Waals surface area contributed by atoms with Crippen LogP contribution in [0.2, 0.25) is 0 Å². The zero-order valence-corrected chi connectivity index (χ0v) is 17.8.